The molecule has 1 saturated heterocycles. The molecule has 0 bridgehead atoms. The number of β-amino-alcohol motifs (C(OH)–C–C–N with tert-alkyl or cyclic N) is 1. The van der Waals surface area contributed by atoms with E-state index >= 15 is 0 Å². The largest absolute Gasteiger partial charge is 0.478 e. The van der Waals surface area contributed by atoms with Crippen LogP contribution in [-0.2, 0) is 0 Å². The number of nitrogens with zero attached hydrogens (tertiary/aromatic N) is 1. The van der Waals surface area contributed by atoms with Gasteiger partial charge in [0, 0.05) is 19.6 Å². The van der Waals surface area contributed by atoms with Crippen LogP contribution in [0.5, 0.6) is 0 Å². The second kappa shape index (κ2) is 3.91. The zero-order valence-corrected chi connectivity index (χ0v) is 6.29. The highest BCUT2D eigenvalue weighted by molar-refractivity contribution is 4.73. The van der Waals surface area contributed by atoms with E-state index in [-0.39, 0.29) is 6.10 Å². The molecule has 1 fully saturated rings. The normalized spacial score (nSPS) is 27.6. The molecule has 0 saturated carbocycles. The van der Waals surface area contributed by atoms with Gasteiger partial charge in [-0.1, -0.05) is 0 Å². The second-order valence-electron chi connectivity index (χ2n) is 2.82. The third kappa shape index (κ3) is 2.25. The summed E-state index contributed by atoms with van der Waals surface area (Å²) in [5, 5.41) is 11.1. The van der Waals surface area contributed by atoms with Gasteiger partial charge in [-0.3, -0.25) is 4.90 Å². The Hall–Kier alpha value is -0.120. The molecule has 3 N–H and O–H groups in total. The molecule has 0 aromatic carbocycles. The van der Waals surface area contributed by atoms with Crippen LogP contribution >= 0.6 is 0 Å². The SMILES string of the molecule is [CH2-][NH2+]CCN1CC[C@H](O)C1. The van der Waals surface area contributed by atoms with Crippen LogP contribution in [-0.4, -0.2) is 42.3 Å². The van der Waals surface area contributed by atoms with Crippen molar-refractivity contribution in [3.63, 3.8) is 0 Å². The first kappa shape index (κ1) is 7.98. The lowest BCUT2D eigenvalue weighted by atomic mass is 10.3. The summed E-state index contributed by atoms with van der Waals surface area (Å²) < 4.78 is 0. The van der Waals surface area contributed by atoms with Crippen molar-refractivity contribution in [3.8, 4) is 0 Å². The molecule has 0 aromatic rings. The standard InChI is InChI=1S/C7H16N2O/c1-8-3-5-9-4-2-7(10)6-9/h7,10H,1-6,8H2/t7-/m0/s1. The average molecular weight is 144 g/mol. The van der Waals surface area contributed by atoms with E-state index in [1.165, 1.54) is 0 Å². The molecule has 1 aliphatic rings. The zero-order chi connectivity index (χ0) is 7.40. The quantitative estimate of drug-likeness (QED) is 0.469. The van der Waals surface area contributed by atoms with Crippen molar-refractivity contribution in [1.29, 1.82) is 0 Å². The van der Waals surface area contributed by atoms with E-state index in [4.69, 9.17) is 5.11 Å². The van der Waals surface area contributed by atoms with Crippen LogP contribution < -0.4 is 5.32 Å². The maximum atomic E-state index is 9.13. The molecule has 1 rings (SSSR count). The first-order valence-electron chi connectivity index (χ1n) is 3.84. The Morgan fingerprint density at radius 1 is 1.70 bits per heavy atom. The topological polar surface area (TPSA) is 40.1 Å². The molecule has 0 unspecified atom stereocenters. The van der Waals surface area contributed by atoms with Gasteiger partial charge in [0.25, 0.3) is 0 Å². The Morgan fingerprint density at radius 2 is 2.50 bits per heavy atom. The lowest BCUT2D eigenvalue weighted by Crippen LogP contribution is -2.78. The molecule has 60 valence electrons. The zero-order valence-electron chi connectivity index (χ0n) is 6.29. The predicted octanol–water partition coefficient (Wildman–Crippen LogP) is -1.59. The van der Waals surface area contributed by atoms with Crippen molar-refractivity contribution in [1.82, 2.24) is 4.90 Å². The second-order valence-corrected chi connectivity index (χ2v) is 2.82. The lowest BCUT2D eigenvalue weighted by molar-refractivity contribution is -0.595. The van der Waals surface area contributed by atoms with Crippen LogP contribution in [0.4, 0.5) is 0 Å². The number of quaternary nitrogens is 1. The molecule has 0 spiro atoms. The molecule has 1 aliphatic heterocycles. The fraction of sp³-hybridized carbons (Fsp3) is 0.857. The summed E-state index contributed by atoms with van der Waals surface area (Å²) in [4.78, 5) is 2.27. The Kier molecular flexibility index (Phi) is 3.12. The Balaban J connectivity index is 2.06. The van der Waals surface area contributed by atoms with Gasteiger partial charge in [0.2, 0.25) is 0 Å². The summed E-state index contributed by atoms with van der Waals surface area (Å²) in [6.07, 6.45) is 0.863. The van der Waals surface area contributed by atoms with Gasteiger partial charge in [-0.15, -0.1) is 0 Å². The molecule has 0 amide bonds. The van der Waals surface area contributed by atoms with Crippen LogP contribution in [0.2, 0.25) is 0 Å². The van der Waals surface area contributed by atoms with Gasteiger partial charge < -0.3 is 10.4 Å². The first-order chi connectivity index (χ1) is 4.83. The highest BCUT2D eigenvalue weighted by Crippen LogP contribution is 2.06. The van der Waals surface area contributed by atoms with E-state index in [0.717, 1.165) is 32.6 Å². The fourth-order valence-corrected chi connectivity index (χ4v) is 1.29. The van der Waals surface area contributed by atoms with Crippen LogP contribution in [0.25, 0.3) is 0 Å². The van der Waals surface area contributed by atoms with Gasteiger partial charge in [0.05, 0.1) is 12.6 Å². The van der Waals surface area contributed by atoms with Gasteiger partial charge in [-0.05, 0) is 6.42 Å². The number of likely N-dealkylation sites (tertiary alicyclic amines) is 1. The number of aliphatic hydroxyl groups is 1. The third-order valence-corrected chi connectivity index (χ3v) is 1.90. The maximum Gasteiger partial charge on any atom is 0.0679 e. The fourth-order valence-electron chi connectivity index (χ4n) is 1.29. The highest BCUT2D eigenvalue weighted by atomic mass is 16.3. The molecule has 1 heterocycles. The van der Waals surface area contributed by atoms with Crippen molar-refractivity contribution in [2.75, 3.05) is 26.2 Å². The van der Waals surface area contributed by atoms with Crippen LogP contribution in [0.3, 0.4) is 0 Å². The monoisotopic (exact) mass is 144 g/mol. The molecular formula is C7H16N2O. The third-order valence-electron chi connectivity index (χ3n) is 1.90. The Bertz CT molecular complexity index is 97.6. The van der Waals surface area contributed by atoms with Crippen molar-refractivity contribution >= 4 is 0 Å². The van der Waals surface area contributed by atoms with Crippen molar-refractivity contribution in [2.45, 2.75) is 12.5 Å². The molecule has 3 nitrogen and oxygen atoms in total. The minimum Gasteiger partial charge on any atom is -0.478 e. The summed E-state index contributed by atoms with van der Waals surface area (Å²) in [7, 11) is 3.65. The van der Waals surface area contributed by atoms with Crippen molar-refractivity contribution in [2.24, 2.45) is 0 Å². The lowest BCUT2D eigenvalue weighted by Gasteiger charge is -2.13. The van der Waals surface area contributed by atoms with Gasteiger partial charge in [0.1, 0.15) is 0 Å². The summed E-state index contributed by atoms with van der Waals surface area (Å²) in [6.45, 7) is 4.00. The molecule has 0 radical (unpaired) electrons. The first-order valence-corrected chi connectivity index (χ1v) is 3.84. The minimum atomic E-state index is -0.0789. The van der Waals surface area contributed by atoms with Crippen molar-refractivity contribution in [3.05, 3.63) is 7.05 Å². The summed E-state index contributed by atoms with van der Waals surface area (Å²) in [6, 6.07) is 0. The van der Waals surface area contributed by atoms with Gasteiger partial charge in [0.15, 0.2) is 0 Å². The predicted molar refractivity (Wildman–Crippen MR) is 39.2 cm³/mol. The number of aliphatic hydroxyl groups excluding tert-OH is 1. The number of rotatable bonds is 3. The molecule has 1 atom stereocenters. The van der Waals surface area contributed by atoms with Crippen LogP contribution in [0.1, 0.15) is 6.42 Å². The Labute approximate surface area is 62.0 Å². The van der Waals surface area contributed by atoms with Crippen LogP contribution in [0, 0.1) is 7.05 Å². The van der Waals surface area contributed by atoms with E-state index in [2.05, 4.69) is 11.9 Å². The number of hydrogen-bond donors (Lipinski definition) is 2. The van der Waals surface area contributed by atoms with E-state index in [0.29, 0.717) is 0 Å². The molecule has 3 heteroatoms. The van der Waals surface area contributed by atoms with E-state index in [9.17, 15) is 0 Å². The van der Waals surface area contributed by atoms with Gasteiger partial charge >= 0.3 is 0 Å². The van der Waals surface area contributed by atoms with E-state index < -0.39 is 0 Å². The minimum absolute atomic E-state index is 0.0789. The summed E-state index contributed by atoms with van der Waals surface area (Å²) in [5.74, 6) is 0. The smallest absolute Gasteiger partial charge is 0.0679 e. The molecule has 10 heavy (non-hydrogen) atoms. The average Bonchev–Trinajstić information content (AvgIpc) is 2.31. The Morgan fingerprint density at radius 3 is 3.00 bits per heavy atom. The van der Waals surface area contributed by atoms with Gasteiger partial charge in [-0.25, -0.2) is 0 Å². The summed E-state index contributed by atoms with van der Waals surface area (Å²) >= 11 is 0. The molecule has 0 aliphatic carbocycles. The van der Waals surface area contributed by atoms with E-state index in [1.54, 1.807) is 0 Å². The molecular weight excluding hydrogens is 128 g/mol. The van der Waals surface area contributed by atoms with Gasteiger partial charge in [-0.2, -0.15) is 7.05 Å². The number of nitrogens with two attached hydrogens (primary N) is 1. The maximum absolute atomic E-state index is 9.13. The van der Waals surface area contributed by atoms with Crippen LogP contribution in [0.15, 0.2) is 0 Å². The summed E-state index contributed by atoms with van der Waals surface area (Å²) in [5.41, 5.74) is 0. The van der Waals surface area contributed by atoms with E-state index in [1.807, 2.05) is 5.32 Å². The highest BCUT2D eigenvalue weighted by Gasteiger charge is 2.18. The van der Waals surface area contributed by atoms with Crippen molar-refractivity contribution < 1.29 is 10.4 Å². The number of hydrogen-bond acceptors (Lipinski definition) is 2. The molecule has 0 aromatic heterocycles.